The fourth-order valence-corrected chi connectivity index (χ4v) is 0.937. The molecule has 74 valence electrons. The second kappa shape index (κ2) is 6.30. The SMILES string of the molecule is CCOC(=O)N(CCC#N)C(C)C. The smallest absolute Gasteiger partial charge is 0.410 e. The minimum atomic E-state index is -0.340. The Hall–Kier alpha value is -1.24. The van der Waals surface area contributed by atoms with Gasteiger partial charge in [0.2, 0.25) is 0 Å². The van der Waals surface area contributed by atoms with Crippen molar-refractivity contribution in [3.05, 3.63) is 0 Å². The van der Waals surface area contributed by atoms with Crippen LogP contribution < -0.4 is 0 Å². The molecule has 0 saturated carbocycles. The van der Waals surface area contributed by atoms with Crippen LogP contribution in [0.15, 0.2) is 0 Å². The highest BCUT2D eigenvalue weighted by molar-refractivity contribution is 5.67. The lowest BCUT2D eigenvalue weighted by Crippen LogP contribution is -2.38. The van der Waals surface area contributed by atoms with Crippen LogP contribution in [0.1, 0.15) is 27.2 Å². The zero-order valence-electron chi connectivity index (χ0n) is 8.41. The summed E-state index contributed by atoms with van der Waals surface area (Å²) >= 11 is 0. The van der Waals surface area contributed by atoms with Crippen LogP contribution in [-0.2, 0) is 4.74 Å². The normalized spacial score (nSPS) is 9.46. The molecule has 0 bridgehead atoms. The monoisotopic (exact) mass is 184 g/mol. The van der Waals surface area contributed by atoms with Crippen molar-refractivity contribution in [2.75, 3.05) is 13.2 Å². The van der Waals surface area contributed by atoms with Gasteiger partial charge in [-0.3, -0.25) is 0 Å². The molecule has 0 aromatic heterocycles. The highest BCUT2D eigenvalue weighted by Gasteiger charge is 2.16. The number of nitriles is 1. The maximum absolute atomic E-state index is 11.3. The van der Waals surface area contributed by atoms with E-state index in [9.17, 15) is 4.79 Å². The molecule has 0 aliphatic rings. The highest BCUT2D eigenvalue weighted by Crippen LogP contribution is 2.02. The van der Waals surface area contributed by atoms with Gasteiger partial charge in [-0.1, -0.05) is 0 Å². The molecule has 0 heterocycles. The Bertz CT molecular complexity index is 196. The molecular weight excluding hydrogens is 168 g/mol. The third-order valence-corrected chi connectivity index (χ3v) is 1.59. The van der Waals surface area contributed by atoms with Crippen molar-refractivity contribution in [3.8, 4) is 6.07 Å². The number of carbonyl (C=O) groups excluding carboxylic acids is 1. The summed E-state index contributed by atoms with van der Waals surface area (Å²) < 4.78 is 4.84. The Balaban J connectivity index is 4.09. The molecule has 0 rings (SSSR count). The van der Waals surface area contributed by atoms with Gasteiger partial charge in [0.05, 0.1) is 19.1 Å². The van der Waals surface area contributed by atoms with Crippen LogP contribution in [0.4, 0.5) is 4.79 Å². The van der Waals surface area contributed by atoms with E-state index in [0.29, 0.717) is 19.6 Å². The largest absolute Gasteiger partial charge is 0.450 e. The number of ether oxygens (including phenoxy) is 1. The molecule has 0 saturated heterocycles. The van der Waals surface area contributed by atoms with E-state index < -0.39 is 0 Å². The van der Waals surface area contributed by atoms with Crippen LogP contribution in [0, 0.1) is 11.3 Å². The molecule has 0 atom stereocenters. The summed E-state index contributed by atoms with van der Waals surface area (Å²) in [6.07, 6.45) is 0.00419. The van der Waals surface area contributed by atoms with Crippen molar-refractivity contribution in [1.82, 2.24) is 4.90 Å². The van der Waals surface area contributed by atoms with Gasteiger partial charge in [0, 0.05) is 12.6 Å². The lowest BCUT2D eigenvalue weighted by molar-refractivity contribution is 0.0970. The molecule has 0 radical (unpaired) electrons. The zero-order chi connectivity index (χ0) is 10.3. The van der Waals surface area contributed by atoms with E-state index in [1.807, 2.05) is 19.9 Å². The fraction of sp³-hybridized carbons (Fsp3) is 0.778. The Morgan fingerprint density at radius 3 is 2.62 bits per heavy atom. The zero-order valence-corrected chi connectivity index (χ0v) is 8.41. The molecule has 0 aromatic carbocycles. The first-order valence-corrected chi connectivity index (χ1v) is 4.43. The van der Waals surface area contributed by atoms with Crippen LogP contribution in [-0.4, -0.2) is 30.2 Å². The van der Waals surface area contributed by atoms with Gasteiger partial charge in [-0.2, -0.15) is 5.26 Å². The topological polar surface area (TPSA) is 53.3 Å². The number of hydrogen-bond acceptors (Lipinski definition) is 3. The van der Waals surface area contributed by atoms with E-state index in [4.69, 9.17) is 10.00 Å². The standard InChI is InChI=1S/C9H16N2O2/c1-4-13-9(12)11(8(2)3)7-5-6-10/h8H,4-5,7H2,1-3H3. The Labute approximate surface area is 79.1 Å². The van der Waals surface area contributed by atoms with Crippen molar-refractivity contribution in [2.24, 2.45) is 0 Å². The molecule has 0 fully saturated rings. The van der Waals surface area contributed by atoms with E-state index in [1.54, 1.807) is 11.8 Å². The average molecular weight is 184 g/mol. The molecule has 0 aliphatic heterocycles. The summed E-state index contributed by atoms with van der Waals surface area (Å²) in [4.78, 5) is 12.8. The van der Waals surface area contributed by atoms with E-state index in [0.717, 1.165) is 0 Å². The lowest BCUT2D eigenvalue weighted by Gasteiger charge is -2.24. The number of rotatable bonds is 4. The maximum atomic E-state index is 11.3. The second-order valence-corrected chi connectivity index (χ2v) is 2.89. The van der Waals surface area contributed by atoms with Crippen LogP contribution in [0.2, 0.25) is 0 Å². The Morgan fingerprint density at radius 2 is 2.23 bits per heavy atom. The summed E-state index contributed by atoms with van der Waals surface area (Å²) in [5.74, 6) is 0. The minimum absolute atomic E-state index is 0.0763. The van der Waals surface area contributed by atoms with E-state index in [1.165, 1.54) is 0 Å². The Kier molecular flexibility index (Phi) is 5.69. The molecule has 0 unspecified atom stereocenters. The Morgan fingerprint density at radius 1 is 1.62 bits per heavy atom. The lowest BCUT2D eigenvalue weighted by atomic mass is 10.3. The predicted molar refractivity (Wildman–Crippen MR) is 49.1 cm³/mol. The van der Waals surface area contributed by atoms with Crippen molar-refractivity contribution in [2.45, 2.75) is 33.2 Å². The fourth-order valence-electron chi connectivity index (χ4n) is 0.937. The van der Waals surface area contributed by atoms with Crippen LogP contribution in [0.3, 0.4) is 0 Å². The van der Waals surface area contributed by atoms with Crippen LogP contribution in [0.5, 0.6) is 0 Å². The summed E-state index contributed by atoms with van der Waals surface area (Å²) in [7, 11) is 0. The number of carbonyl (C=O) groups is 1. The maximum Gasteiger partial charge on any atom is 0.410 e. The van der Waals surface area contributed by atoms with Crippen LogP contribution in [0.25, 0.3) is 0 Å². The molecule has 0 aliphatic carbocycles. The van der Waals surface area contributed by atoms with Gasteiger partial charge in [-0.05, 0) is 20.8 Å². The highest BCUT2D eigenvalue weighted by atomic mass is 16.6. The second-order valence-electron chi connectivity index (χ2n) is 2.89. The van der Waals surface area contributed by atoms with Crippen molar-refractivity contribution < 1.29 is 9.53 Å². The molecule has 0 N–H and O–H groups in total. The van der Waals surface area contributed by atoms with E-state index >= 15 is 0 Å². The predicted octanol–water partition coefficient (Wildman–Crippen LogP) is 1.77. The summed E-state index contributed by atoms with van der Waals surface area (Å²) in [6.45, 7) is 6.37. The van der Waals surface area contributed by atoms with Gasteiger partial charge in [0.15, 0.2) is 0 Å². The van der Waals surface area contributed by atoms with Crippen molar-refractivity contribution >= 4 is 6.09 Å². The summed E-state index contributed by atoms with van der Waals surface area (Å²) in [6, 6.07) is 2.08. The quantitative estimate of drug-likeness (QED) is 0.669. The number of amides is 1. The summed E-state index contributed by atoms with van der Waals surface area (Å²) in [5.41, 5.74) is 0. The van der Waals surface area contributed by atoms with Gasteiger partial charge in [-0.15, -0.1) is 0 Å². The molecule has 4 heteroatoms. The minimum Gasteiger partial charge on any atom is -0.450 e. The third-order valence-electron chi connectivity index (χ3n) is 1.59. The molecule has 0 spiro atoms. The van der Waals surface area contributed by atoms with Gasteiger partial charge in [0.25, 0.3) is 0 Å². The van der Waals surface area contributed by atoms with Gasteiger partial charge < -0.3 is 9.64 Å². The first-order chi connectivity index (χ1) is 6.13. The molecule has 4 nitrogen and oxygen atoms in total. The first-order valence-electron chi connectivity index (χ1n) is 4.43. The molecule has 1 amide bonds. The van der Waals surface area contributed by atoms with Gasteiger partial charge in [-0.25, -0.2) is 4.79 Å². The van der Waals surface area contributed by atoms with E-state index in [2.05, 4.69) is 0 Å². The van der Waals surface area contributed by atoms with E-state index in [-0.39, 0.29) is 12.1 Å². The third kappa shape index (κ3) is 4.36. The van der Waals surface area contributed by atoms with Gasteiger partial charge in [0.1, 0.15) is 0 Å². The molecule has 13 heavy (non-hydrogen) atoms. The number of hydrogen-bond donors (Lipinski definition) is 0. The first kappa shape index (κ1) is 11.8. The van der Waals surface area contributed by atoms with Crippen molar-refractivity contribution in [3.63, 3.8) is 0 Å². The van der Waals surface area contributed by atoms with Crippen molar-refractivity contribution in [1.29, 1.82) is 5.26 Å². The molecular formula is C9H16N2O2. The average Bonchev–Trinajstić information content (AvgIpc) is 2.05. The van der Waals surface area contributed by atoms with Gasteiger partial charge >= 0.3 is 6.09 Å². The van der Waals surface area contributed by atoms with Crippen LogP contribution >= 0.6 is 0 Å². The number of nitrogens with zero attached hydrogens (tertiary/aromatic N) is 2. The molecule has 0 aromatic rings. The summed E-state index contributed by atoms with van der Waals surface area (Å²) in [5, 5.41) is 8.38.